The van der Waals surface area contributed by atoms with Crippen LogP contribution in [0.25, 0.3) is 0 Å². The highest BCUT2D eigenvalue weighted by atomic mass is 16.5. The first-order valence-electron chi connectivity index (χ1n) is 6.36. The standard InChI is InChI=1S/C16H19NO2/c1-19-13-6-4-5-12(11-13)9-10-16(18)14-7-2-3-8-15(14)17/h2-8,11,16,18H,9-10,17H2,1H3/t16-/m0/s1. The minimum atomic E-state index is -0.535. The Morgan fingerprint density at radius 2 is 1.95 bits per heavy atom. The summed E-state index contributed by atoms with van der Waals surface area (Å²) in [5.41, 5.74) is 8.44. The number of rotatable bonds is 5. The molecule has 0 aliphatic rings. The van der Waals surface area contributed by atoms with Crippen molar-refractivity contribution in [2.45, 2.75) is 18.9 Å². The summed E-state index contributed by atoms with van der Waals surface area (Å²) in [5, 5.41) is 10.2. The fourth-order valence-electron chi connectivity index (χ4n) is 2.10. The minimum absolute atomic E-state index is 0.535. The van der Waals surface area contributed by atoms with Crippen LogP contribution in [0.1, 0.15) is 23.7 Å². The highest BCUT2D eigenvalue weighted by Crippen LogP contribution is 2.24. The predicted molar refractivity (Wildman–Crippen MR) is 77.1 cm³/mol. The summed E-state index contributed by atoms with van der Waals surface area (Å²) in [5.74, 6) is 0.839. The van der Waals surface area contributed by atoms with Crippen molar-refractivity contribution < 1.29 is 9.84 Å². The Kier molecular flexibility index (Phi) is 4.42. The molecule has 0 amide bonds. The van der Waals surface area contributed by atoms with Crippen molar-refractivity contribution in [3.63, 3.8) is 0 Å². The SMILES string of the molecule is COc1cccc(CC[C@H](O)c2ccccc2N)c1. The van der Waals surface area contributed by atoms with E-state index in [0.717, 1.165) is 23.3 Å². The van der Waals surface area contributed by atoms with Gasteiger partial charge in [-0.2, -0.15) is 0 Å². The molecule has 2 rings (SSSR count). The fourth-order valence-corrected chi connectivity index (χ4v) is 2.10. The molecule has 0 saturated heterocycles. The number of ether oxygens (including phenoxy) is 1. The van der Waals surface area contributed by atoms with E-state index in [-0.39, 0.29) is 0 Å². The van der Waals surface area contributed by atoms with Crippen LogP contribution < -0.4 is 10.5 Å². The van der Waals surface area contributed by atoms with Gasteiger partial charge in [0.05, 0.1) is 13.2 Å². The average molecular weight is 257 g/mol. The van der Waals surface area contributed by atoms with Crippen LogP contribution in [0.3, 0.4) is 0 Å². The van der Waals surface area contributed by atoms with Crippen LogP contribution >= 0.6 is 0 Å². The molecule has 0 heterocycles. The van der Waals surface area contributed by atoms with Crippen molar-refractivity contribution in [3.8, 4) is 5.75 Å². The van der Waals surface area contributed by atoms with Crippen LogP contribution in [0.15, 0.2) is 48.5 Å². The normalized spacial score (nSPS) is 12.1. The predicted octanol–water partition coefficient (Wildman–Crippen LogP) is 2.94. The first kappa shape index (κ1) is 13.4. The van der Waals surface area contributed by atoms with E-state index in [0.29, 0.717) is 12.1 Å². The van der Waals surface area contributed by atoms with Crippen molar-refractivity contribution in [2.24, 2.45) is 0 Å². The molecule has 0 unspecified atom stereocenters. The third kappa shape index (κ3) is 3.48. The van der Waals surface area contributed by atoms with Gasteiger partial charge < -0.3 is 15.6 Å². The van der Waals surface area contributed by atoms with Gasteiger partial charge in [0, 0.05) is 11.3 Å². The molecular weight excluding hydrogens is 238 g/mol. The Bertz CT molecular complexity index is 540. The Labute approximate surface area is 113 Å². The lowest BCUT2D eigenvalue weighted by Crippen LogP contribution is -2.03. The van der Waals surface area contributed by atoms with E-state index in [9.17, 15) is 5.11 Å². The zero-order chi connectivity index (χ0) is 13.7. The van der Waals surface area contributed by atoms with Gasteiger partial charge in [0.2, 0.25) is 0 Å². The molecule has 0 spiro atoms. The number of nitrogen functional groups attached to an aromatic ring is 1. The van der Waals surface area contributed by atoms with E-state index in [2.05, 4.69) is 0 Å². The summed E-state index contributed by atoms with van der Waals surface area (Å²) in [6, 6.07) is 15.3. The fraction of sp³-hybridized carbons (Fsp3) is 0.250. The summed E-state index contributed by atoms with van der Waals surface area (Å²) in [4.78, 5) is 0. The van der Waals surface area contributed by atoms with Crippen molar-refractivity contribution in [1.29, 1.82) is 0 Å². The molecule has 0 aliphatic carbocycles. The van der Waals surface area contributed by atoms with Crippen LogP contribution in [-0.2, 0) is 6.42 Å². The third-order valence-corrected chi connectivity index (χ3v) is 3.20. The lowest BCUT2D eigenvalue weighted by Gasteiger charge is -2.13. The Morgan fingerprint density at radius 3 is 2.68 bits per heavy atom. The minimum Gasteiger partial charge on any atom is -0.497 e. The quantitative estimate of drug-likeness (QED) is 0.810. The molecule has 0 bridgehead atoms. The highest BCUT2D eigenvalue weighted by molar-refractivity contribution is 5.47. The van der Waals surface area contributed by atoms with Crippen molar-refractivity contribution >= 4 is 5.69 Å². The molecule has 2 aromatic carbocycles. The summed E-state index contributed by atoms with van der Waals surface area (Å²) in [7, 11) is 1.65. The highest BCUT2D eigenvalue weighted by Gasteiger charge is 2.10. The maximum absolute atomic E-state index is 10.2. The Balaban J connectivity index is 2.00. The smallest absolute Gasteiger partial charge is 0.119 e. The van der Waals surface area contributed by atoms with Crippen LogP contribution in [0.2, 0.25) is 0 Å². The molecule has 0 saturated carbocycles. The molecule has 0 fully saturated rings. The number of hydrogen-bond donors (Lipinski definition) is 2. The van der Waals surface area contributed by atoms with Gasteiger partial charge in [0.1, 0.15) is 5.75 Å². The van der Waals surface area contributed by atoms with Gasteiger partial charge in [0.25, 0.3) is 0 Å². The molecule has 3 nitrogen and oxygen atoms in total. The van der Waals surface area contributed by atoms with Crippen LogP contribution in [0, 0.1) is 0 Å². The van der Waals surface area contributed by atoms with Crippen molar-refractivity contribution in [3.05, 3.63) is 59.7 Å². The van der Waals surface area contributed by atoms with Gasteiger partial charge in [-0.25, -0.2) is 0 Å². The topological polar surface area (TPSA) is 55.5 Å². The number of nitrogens with two attached hydrogens (primary N) is 1. The van der Waals surface area contributed by atoms with Crippen LogP contribution in [0.4, 0.5) is 5.69 Å². The van der Waals surface area contributed by atoms with Gasteiger partial charge in [-0.3, -0.25) is 0 Å². The lowest BCUT2D eigenvalue weighted by atomic mass is 10.00. The van der Waals surface area contributed by atoms with E-state index in [1.165, 1.54) is 0 Å². The first-order valence-corrected chi connectivity index (χ1v) is 6.36. The second-order valence-electron chi connectivity index (χ2n) is 4.53. The molecule has 19 heavy (non-hydrogen) atoms. The molecule has 1 atom stereocenters. The first-order chi connectivity index (χ1) is 9.20. The molecular formula is C16H19NO2. The number of benzene rings is 2. The molecule has 3 heteroatoms. The molecule has 100 valence electrons. The molecule has 0 aromatic heterocycles. The lowest BCUT2D eigenvalue weighted by molar-refractivity contribution is 0.168. The zero-order valence-electron chi connectivity index (χ0n) is 11.0. The van der Waals surface area contributed by atoms with Gasteiger partial charge >= 0.3 is 0 Å². The van der Waals surface area contributed by atoms with Gasteiger partial charge in [0.15, 0.2) is 0 Å². The Hall–Kier alpha value is -2.00. The molecule has 0 radical (unpaired) electrons. The van der Waals surface area contributed by atoms with Gasteiger partial charge in [-0.05, 0) is 36.6 Å². The third-order valence-electron chi connectivity index (χ3n) is 3.20. The number of aryl methyl sites for hydroxylation is 1. The Morgan fingerprint density at radius 1 is 1.16 bits per heavy atom. The van der Waals surface area contributed by atoms with E-state index in [4.69, 9.17) is 10.5 Å². The number of aliphatic hydroxyl groups excluding tert-OH is 1. The van der Waals surface area contributed by atoms with Crippen molar-refractivity contribution in [2.75, 3.05) is 12.8 Å². The van der Waals surface area contributed by atoms with Gasteiger partial charge in [-0.1, -0.05) is 30.3 Å². The second-order valence-corrected chi connectivity index (χ2v) is 4.53. The number of para-hydroxylation sites is 1. The van der Waals surface area contributed by atoms with E-state index >= 15 is 0 Å². The second kappa shape index (κ2) is 6.25. The summed E-state index contributed by atoms with van der Waals surface area (Å²) >= 11 is 0. The largest absolute Gasteiger partial charge is 0.497 e. The van der Waals surface area contributed by atoms with Gasteiger partial charge in [-0.15, -0.1) is 0 Å². The maximum atomic E-state index is 10.2. The van der Waals surface area contributed by atoms with Crippen LogP contribution in [0.5, 0.6) is 5.75 Å². The summed E-state index contributed by atoms with van der Waals surface area (Å²) < 4.78 is 5.18. The monoisotopic (exact) mass is 257 g/mol. The zero-order valence-corrected chi connectivity index (χ0v) is 11.0. The van der Waals surface area contributed by atoms with Crippen LogP contribution in [-0.4, -0.2) is 12.2 Å². The summed E-state index contributed by atoms with van der Waals surface area (Å²) in [6.07, 6.45) is 0.890. The maximum Gasteiger partial charge on any atom is 0.119 e. The number of aliphatic hydroxyl groups is 1. The van der Waals surface area contributed by atoms with Crippen molar-refractivity contribution in [1.82, 2.24) is 0 Å². The number of hydrogen-bond acceptors (Lipinski definition) is 3. The molecule has 3 N–H and O–H groups in total. The summed E-state index contributed by atoms with van der Waals surface area (Å²) in [6.45, 7) is 0. The molecule has 0 aliphatic heterocycles. The average Bonchev–Trinajstić information content (AvgIpc) is 2.45. The molecule has 2 aromatic rings. The number of anilines is 1. The number of methoxy groups -OCH3 is 1. The van der Waals surface area contributed by atoms with E-state index < -0.39 is 6.10 Å². The van der Waals surface area contributed by atoms with E-state index in [1.54, 1.807) is 7.11 Å². The van der Waals surface area contributed by atoms with E-state index in [1.807, 2.05) is 48.5 Å².